The van der Waals surface area contributed by atoms with Crippen molar-refractivity contribution < 1.29 is 9.53 Å². The summed E-state index contributed by atoms with van der Waals surface area (Å²) in [5.74, 6) is 0.486. The van der Waals surface area contributed by atoms with Crippen molar-refractivity contribution in [1.29, 1.82) is 0 Å². The van der Waals surface area contributed by atoms with Gasteiger partial charge in [-0.1, -0.05) is 6.92 Å². The number of ether oxygens (including phenoxy) is 1. The number of carbonyl (C=O) groups excluding carboxylic acids is 1. The lowest BCUT2D eigenvalue weighted by molar-refractivity contribution is 0.0445. The Morgan fingerprint density at radius 2 is 2.12 bits per heavy atom. The second kappa shape index (κ2) is 4.84. The summed E-state index contributed by atoms with van der Waals surface area (Å²) in [4.78, 5) is 14.1. The number of likely N-dealkylation sites (N-methyl/N-ethyl adjacent to an activating group) is 1. The maximum Gasteiger partial charge on any atom is 0.408 e. The molecule has 0 aromatic heterocycles. The van der Waals surface area contributed by atoms with Crippen LogP contribution in [0.3, 0.4) is 0 Å². The summed E-state index contributed by atoms with van der Waals surface area (Å²) in [6.45, 7) is 11.8. The molecule has 17 heavy (non-hydrogen) atoms. The first-order chi connectivity index (χ1) is 7.66. The summed E-state index contributed by atoms with van der Waals surface area (Å²) in [7, 11) is 2.09. The van der Waals surface area contributed by atoms with Crippen LogP contribution in [-0.2, 0) is 4.74 Å². The molecule has 4 nitrogen and oxygen atoms in total. The molecule has 0 bridgehead atoms. The van der Waals surface area contributed by atoms with Gasteiger partial charge in [-0.2, -0.15) is 0 Å². The molecule has 1 aliphatic rings. The number of likely N-dealkylation sites (tertiary alicyclic amines) is 1. The standard InChI is InChI=1S/C13H26N2O2/c1-7-10-8-15(6)9-13(10,5)14-11(16)17-12(2,3)4/h10H,7-9H2,1-6H3,(H,14,16)/t10-,13-/m1/s1. The Kier molecular flexibility index (Phi) is 4.07. The zero-order valence-electron chi connectivity index (χ0n) is 12.0. The van der Waals surface area contributed by atoms with Crippen LogP contribution < -0.4 is 5.32 Å². The van der Waals surface area contributed by atoms with Gasteiger partial charge in [0.25, 0.3) is 0 Å². The van der Waals surface area contributed by atoms with Crippen LogP contribution in [0.15, 0.2) is 0 Å². The van der Waals surface area contributed by atoms with Gasteiger partial charge in [0.2, 0.25) is 0 Å². The van der Waals surface area contributed by atoms with Crippen molar-refractivity contribution in [3.63, 3.8) is 0 Å². The fraction of sp³-hybridized carbons (Fsp3) is 0.923. The lowest BCUT2D eigenvalue weighted by atomic mass is 9.87. The third-order valence-electron chi connectivity index (χ3n) is 3.31. The molecular formula is C13H26N2O2. The van der Waals surface area contributed by atoms with E-state index in [2.05, 4.69) is 31.1 Å². The van der Waals surface area contributed by atoms with Crippen molar-refractivity contribution in [1.82, 2.24) is 10.2 Å². The second-order valence-electron chi connectivity index (χ2n) is 6.35. The Morgan fingerprint density at radius 3 is 2.59 bits per heavy atom. The van der Waals surface area contributed by atoms with Crippen LogP contribution in [0.25, 0.3) is 0 Å². The lowest BCUT2D eigenvalue weighted by Gasteiger charge is -2.32. The fourth-order valence-corrected chi connectivity index (χ4v) is 2.59. The molecule has 1 saturated heterocycles. The summed E-state index contributed by atoms with van der Waals surface area (Å²) in [6.07, 6.45) is 0.755. The second-order valence-corrected chi connectivity index (χ2v) is 6.35. The molecule has 1 amide bonds. The lowest BCUT2D eigenvalue weighted by Crippen LogP contribution is -2.53. The first-order valence-electron chi connectivity index (χ1n) is 6.36. The predicted octanol–water partition coefficient (Wildman–Crippen LogP) is 2.24. The third-order valence-corrected chi connectivity index (χ3v) is 3.31. The highest BCUT2D eigenvalue weighted by Gasteiger charge is 2.42. The SMILES string of the molecule is CC[C@@H]1CN(C)C[C@@]1(C)NC(=O)OC(C)(C)C. The van der Waals surface area contributed by atoms with Crippen LogP contribution >= 0.6 is 0 Å². The van der Waals surface area contributed by atoms with E-state index in [9.17, 15) is 4.79 Å². The molecular weight excluding hydrogens is 216 g/mol. The number of nitrogens with one attached hydrogen (secondary N) is 1. The van der Waals surface area contributed by atoms with Crippen LogP contribution in [-0.4, -0.2) is 42.3 Å². The van der Waals surface area contributed by atoms with Crippen LogP contribution in [0.2, 0.25) is 0 Å². The molecule has 1 aliphatic heterocycles. The molecule has 0 aromatic rings. The van der Waals surface area contributed by atoms with Gasteiger partial charge < -0.3 is 15.0 Å². The fourth-order valence-electron chi connectivity index (χ4n) is 2.59. The van der Waals surface area contributed by atoms with Crippen molar-refractivity contribution in [3.8, 4) is 0 Å². The van der Waals surface area contributed by atoms with E-state index < -0.39 is 5.60 Å². The molecule has 2 atom stereocenters. The summed E-state index contributed by atoms with van der Waals surface area (Å²) >= 11 is 0. The predicted molar refractivity (Wildman–Crippen MR) is 69.1 cm³/mol. The molecule has 0 spiro atoms. The van der Waals surface area contributed by atoms with E-state index >= 15 is 0 Å². The quantitative estimate of drug-likeness (QED) is 0.807. The van der Waals surface area contributed by atoms with Crippen LogP contribution in [0.1, 0.15) is 41.0 Å². The average Bonchev–Trinajstić information content (AvgIpc) is 2.36. The van der Waals surface area contributed by atoms with Crippen molar-refractivity contribution in [2.45, 2.75) is 52.2 Å². The summed E-state index contributed by atoms with van der Waals surface area (Å²) in [5.41, 5.74) is -0.613. The highest BCUT2D eigenvalue weighted by Crippen LogP contribution is 2.29. The number of nitrogens with zero attached hydrogens (tertiary/aromatic N) is 1. The van der Waals surface area contributed by atoms with Crippen LogP contribution in [0, 0.1) is 5.92 Å². The Hall–Kier alpha value is -0.770. The van der Waals surface area contributed by atoms with Crippen molar-refractivity contribution in [2.24, 2.45) is 5.92 Å². The number of carbonyl (C=O) groups is 1. The minimum Gasteiger partial charge on any atom is -0.444 e. The van der Waals surface area contributed by atoms with Gasteiger partial charge in [0.1, 0.15) is 5.60 Å². The molecule has 1 rings (SSSR count). The molecule has 1 fully saturated rings. The van der Waals surface area contributed by atoms with Gasteiger partial charge in [-0.25, -0.2) is 4.79 Å². The van der Waals surface area contributed by atoms with Gasteiger partial charge in [0.15, 0.2) is 0 Å². The van der Waals surface area contributed by atoms with E-state index in [0.717, 1.165) is 19.5 Å². The molecule has 4 heteroatoms. The van der Waals surface area contributed by atoms with Gasteiger partial charge in [0.05, 0.1) is 5.54 Å². The normalized spacial score (nSPS) is 30.4. The molecule has 1 heterocycles. The molecule has 0 radical (unpaired) electrons. The van der Waals surface area contributed by atoms with Gasteiger partial charge in [-0.15, -0.1) is 0 Å². The number of rotatable bonds is 2. The maximum atomic E-state index is 11.8. The van der Waals surface area contributed by atoms with E-state index in [1.165, 1.54) is 0 Å². The largest absolute Gasteiger partial charge is 0.444 e. The summed E-state index contributed by atoms with van der Waals surface area (Å²) in [5, 5.41) is 3.04. The average molecular weight is 242 g/mol. The Bertz CT molecular complexity index is 286. The number of hydrogen-bond acceptors (Lipinski definition) is 3. The van der Waals surface area contributed by atoms with E-state index in [-0.39, 0.29) is 11.6 Å². The number of hydrogen-bond donors (Lipinski definition) is 1. The van der Waals surface area contributed by atoms with E-state index in [4.69, 9.17) is 4.74 Å². The highest BCUT2D eigenvalue weighted by molar-refractivity contribution is 5.69. The zero-order chi connectivity index (χ0) is 13.3. The van der Waals surface area contributed by atoms with E-state index in [1.54, 1.807) is 0 Å². The topological polar surface area (TPSA) is 41.6 Å². The highest BCUT2D eigenvalue weighted by atomic mass is 16.6. The van der Waals surface area contributed by atoms with E-state index in [1.807, 2.05) is 20.8 Å². The monoisotopic (exact) mass is 242 g/mol. The minimum atomic E-state index is -0.438. The first-order valence-corrected chi connectivity index (χ1v) is 6.36. The zero-order valence-corrected chi connectivity index (χ0v) is 12.0. The number of alkyl carbamates (subject to hydrolysis) is 1. The van der Waals surface area contributed by atoms with Gasteiger partial charge >= 0.3 is 6.09 Å². The van der Waals surface area contributed by atoms with Crippen LogP contribution in [0.5, 0.6) is 0 Å². The molecule has 0 saturated carbocycles. The third kappa shape index (κ3) is 3.87. The molecule has 0 aromatic carbocycles. The summed E-state index contributed by atoms with van der Waals surface area (Å²) < 4.78 is 5.32. The summed E-state index contributed by atoms with van der Waals surface area (Å²) in [6, 6.07) is 0. The molecule has 0 aliphatic carbocycles. The van der Waals surface area contributed by atoms with Crippen molar-refractivity contribution >= 4 is 6.09 Å². The molecule has 1 N–H and O–H groups in total. The Labute approximate surface area is 105 Å². The Morgan fingerprint density at radius 1 is 1.53 bits per heavy atom. The van der Waals surface area contributed by atoms with Crippen LogP contribution in [0.4, 0.5) is 4.79 Å². The molecule has 100 valence electrons. The smallest absolute Gasteiger partial charge is 0.408 e. The first kappa shape index (κ1) is 14.3. The van der Waals surface area contributed by atoms with Gasteiger partial charge in [0, 0.05) is 13.1 Å². The number of amides is 1. The van der Waals surface area contributed by atoms with Crippen molar-refractivity contribution in [2.75, 3.05) is 20.1 Å². The minimum absolute atomic E-state index is 0.175. The Balaban J connectivity index is 2.63. The maximum absolute atomic E-state index is 11.8. The van der Waals surface area contributed by atoms with E-state index in [0.29, 0.717) is 5.92 Å². The van der Waals surface area contributed by atoms with Gasteiger partial charge in [-0.3, -0.25) is 0 Å². The molecule has 0 unspecified atom stereocenters. The van der Waals surface area contributed by atoms with Gasteiger partial charge in [-0.05, 0) is 47.1 Å². The van der Waals surface area contributed by atoms with Crippen molar-refractivity contribution in [3.05, 3.63) is 0 Å².